The zero-order valence-electron chi connectivity index (χ0n) is 20.4. The average Bonchev–Trinajstić information content (AvgIpc) is 3.37. The van der Waals surface area contributed by atoms with Crippen LogP contribution in [0.2, 0.25) is 0 Å². The Balaban J connectivity index is 1.35. The summed E-state index contributed by atoms with van der Waals surface area (Å²) in [6.45, 7) is 0.650. The number of benzene rings is 2. The monoisotopic (exact) mass is 525 g/mol. The second kappa shape index (κ2) is 11.9. The molecule has 0 unspecified atom stereocenters. The Morgan fingerprint density at radius 1 is 1.08 bits per heavy atom. The van der Waals surface area contributed by atoms with Crippen molar-refractivity contribution in [3.05, 3.63) is 78.1 Å². The molecule has 0 spiro atoms. The van der Waals surface area contributed by atoms with E-state index in [-0.39, 0.29) is 19.4 Å². The van der Waals surface area contributed by atoms with Crippen LogP contribution in [0.5, 0.6) is 0 Å². The summed E-state index contributed by atoms with van der Waals surface area (Å²) >= 11 is 0. The van der Waals surface area contributed by atoms with E-state index in [2.05, 4.69) is 15.3 Å². The minimum atomic E-state index is -5.17. The lowest BCUT2D eigenvalue weighted by molar-refractivity contribution is -0.248. The highest BCUT2D eigenvalue weighted by atomic mass is 19.4. The van der Waals surface area contributed by atoms with Crippen molar-refractivity contribution >= 4 is 11.9 Å². The summed E-state index contributed by atoms with van der Waals surface area (Å²) in [5, 5.41) is 17.3. The first-order valence-corrected chi connectivity index (χ1v) is 12.1. The molecule has 1 saturated heterocycles. The van der Waals surface area contributed by atoms with Crippen LogP contribution in [0, 0.1) is 11.3 Å². The molecule has 4 rings (SSSR count). The Morgan fingerprint density at radius 2 is 1.82 bits per heavy atom. The van der Waals surface area contributed by atoms with Gasteiger partial charge in [-0.1, -0.05) is 54.6 Å². The molecule has 1 N–H and O–H groups in total. The number of carbonyl (C=O) groups is 2. The number of nitrogens with zero attached hydrogens (tertiary/aromatic N) is 4. The third kappa shape index (κ3) is 6.98. The molecular formula is C27H26F3N5O3. The third-order valence-corrected chi connectivity index (χ3v) is 6.21. The molecule has 0 aliphatic carbocycles. The van der Waals surface area contributed by atoms with Crippen molar-refractivity contribution in [2.24, 2.45) is 0 Å². The van der Waals surface area contributed by atoms with Crippen LogP contribution in [0.25, 0.3) is 11.1 Å². The molecule has 8 nitrogen and oxygen atoms in total. The Bertz CT molecular complexity index is 1290. The molecule has 38 heavy (non-hydrogen) atoms. The van der Waals surface area contributed by atoms with E-state index < -0.39 is 30.1 Å². The number of nitriles is 1. The van der Waals surface area contributed by atoms with E-state index >= 15 is 0 Å². The van der Waals surface area contributed by atoms with Gasteiger partial charge in [-0.25, -0.2) is 4.79 Å². The van der Waals surface area contributed by atoms with Gasteiger partial charge in [-0.3, -0.25) is 9.48 Å². The number of alkyl halides is 3. The Kier molecular flexibility index (Phi) is 8.43. The fourth-order valence-electron chi connectivity index (χ4n) is 4.27. The molecule has 2 aromatic carbocycles. The number of hydrogen-bond donors (Lipinski definition) is 1. The highest BCUT2D eigenvalue weighted by Crippen LogP contribution is 2.23. The molecule has 3 aromatic rings. The molecule has 1 fully saturated rings. The van der Waals surface area contributed by atoms with Gasteiger partial charge < -0.3 is 10.2 Å². The van der Waals surface area contributed by atoms with E-state index in [0.717, 1.165) is 27.3 Å². The zero-order chi connectivity index (χ0) is 27.1. The van der Waals surface area contributed by atoms with Crippen LogP contribution in [-0.4, -0.2) is 51.5 Å². The molecule has 1 aromatic heterocycles. The summed E-state index contributed by atoms with van der Waals surface area (Å²) in [5.41, 5.74) is 3.80. The minimum absolute atomic E-state index is 0.000517. The van der Waals surface area contributed by atoms with Gasteiger partial charge >= 0.3 is 12.1 Å². The van der Waals surface area contributed by atoms with Crippen LogP contribution in [0.4, 0.5) is 13.2 Å². The van der Waals surface area contributed by atoms with Crippen LogP contribution in [0.3, 0.4) is 0 Å². The second-order valence-corrected chi connectivity index (χ2v) is 9.03. The molecule has 11 heteroatoms. The van der Waals surface area contributed by atoms with E-state index in [0.29, 0.717) is 19.4 Å². The third-order valence-electron chi connectivity index (χ3n) is 6.21. The molecule has 198 valence electrons. The first-order valence-electron chi connectivity index (χ1n) is 12.1. The summed E-state index contributed by atoms with van der Waals surface area (Å²) in [6.07, 6.45) is 0.0273. The Morgan fingerprint density at radius 3 is 2.50 bits per heavy atom. The van der Waals surface area contributed by atoms with Crippen molar-refractivity contribution in [1.29, 1.82) is 5.26 Å². The lowest BCUT2D eigenvalue weighted by Gasteiger charge is -2.33. The largest absolute Gasteiger partial charge is 0.492 e. The van der Waals surface area contributed by atoms with Gasteiger partial charge in [0, 0.05) is 24.7 Å². The zero-order valence-corrected chi connectivity index (χ0v) is 20.4. The van der Waals surface area contributed by atoms with E-state index in [1.165, 1.54) is 0 Å². The fraction of sp³-hybridized carbons (Fsp3) is 0.333. The first kappa shape index (κ1) is 26.9. The number of nitrogens with one attached hydrogen (secondary N) is 1. The highest BCUT2D eigenvalue weighted by molar-refractivity contribution is 5.83. The maximum Gasteiger partial charge on any atom is 0.492 e. The second-order valence-electron chi connectivity index (χ2n) is 9.03. The number of piperidine rings is 1. The topological polar surface area (TPSA) is 100 Å². The summed E-state index contributed by atoms with van der Waals surface area (Å²) in [7, 11) is 0. The number of hydrogen-bond acceptors (Lipinski definition) is 6. The number of carbonyl (C=O) groups excluding carboxylic acids is 2. The maximum atomic E-state index is 12.8. The molecule has 2 atom stereocenters. The van der Waals surface area contributed by atoms with Crippen LogP contribution in [0.1, 0.15) is 30.4 Å². The predicted molar refractivity (Wildman–Crippen MR) is 131 cm³/mol. The van der Waals surface area contributed by atoms with Crippen LogP contribution in [-0.2, 0) is 27.4 Å². The standard InChI is InChI=1S/C27H26F3N5O3/c28-27(29,30)26(37)38-35-13-5-4-8-24(35)25(36)33-23(15-31)14-19-9-11-21(12-10-19)22-16-32-34(18-22)17-20-6-2-1-3-7-20/h1-3,6-7,9-12,16,18,23-24H,4-5,8,13-14,17H2,(H,33,36)/t23-,24-/m0/s1. The summed E-state index contributed by atoms with van der Waals surface area (Å²) < 4.78 is 39.7. The van der Waals surface area contributed by atoms with Crippen LogP contribution < -0.4 is 5.32 Å². The van der Waals surface area contributed by atoms with E-state index in [9.17, 15) is 28.0 Å². The molecule has 1 aliphatic heterocycles. The number of aromatic nitrogens is 2. The van der Waals surface area contributed by atoms with Crippen molar-refractivity contribution in [1.82, 2.24) is 20.2 Å². The average molecular weight is 526 g/mol. The van der Waals surface area contributed by atoms with Crippen molar-refractivity contribution < 1.29 is 27.6 Å². The van der Waals surface area contributed by atoms with E-state index in [1.54, 1.807) is 6.20 Å². The number of amides is 1. The summed E-state index contributed by atoms with van der Waals surface area (Å²) in [4.78, 5) is 28.5. The summed E-state index contributed by atoms with van der Waals surface area (Å²) in [5.74, 6) is -3.03. The predicted octanol–water partition coefficient (Wildman–Crippen LogP) is 4.02. The molecular weight excluding hydrogens is 499 g/mol. The van der Waals surface area contributed by atoms with E-state index in [4.69, 9.17) is 0 Å². The quantitative estimate of drug-likeness (QED) is 0.477. The first-order chi connectivity index (χ1) is 18.2. The molecule has 1 aliphatic rings. The van der Waals surface area contributed by atoms with Crippen LogP contribution >= 0.6 is 0 Å². The van der Waals surface area contributed by atoms with Gasteiger partial charge in [0.25, 0.3) is 0 Å². The van der Waals surface area contributed by atoms with Crippen molar-refractivity contribution in [2.75, 3.05) is 6.54 Å². The minimum Gasteiger partial charge on any atom is -0.360 e. The molecule has 1 amide bonds. The van der Waals surface area contributed by atoms with Gasteiger partial charge in [-0.15, -0.1) is 5.06 Å². The van der Waals surface area contributed by atoms with Crippen LogP contribution in [0.15, 0.2) is 67.0 Å². The molecule has 2 heterocycles. The van der Waals surface area contributed by atoms with Gasteiger partial charge in [-0.05, 0) is 36.0 Å². The van der Waals surface area contributed by atoms with Gasteiger partial charge in [0.2, 0.25) is 5.91 Å². The van der Waals surface area contributed by atoms with Crippen molar-refractivity contribution in [3.63, 3.8) is 0 Å². The Labute approximate surface area is 217 Å². The lowest BCUT2D eigenvalue weighted by Crippen LogP contribution is -2.53. The Hall–Kier alpha value is -4.17. The fourth-order valence-corrected chi connectivity index (χ4v) is 4.27. The lowest BCUT2D eigenvalue weighted by atomic mass is 10.0. The van der Waals surface area contributed by atoms with Gasteiger partial charge in [-0.2, -0.15) is 23.5 Å². The van der Waals surface area contributed by atoms with Gasteiger partial charge in [0.1, 0.15) is 12.1 Å². The van der Waals surface area contributed by atoms with Gasteiger partial charge in [0.15, 0.2) is 0 Å². The van der Waals surface area contributed by atoms with Crippen molar-refractivity contribution in [2.45, 2.75) is 50.5 Å². The number of halogens is 3. The smallest absolute Gasteiger partial charge is 0.360 e. The van der Waals surface area contributed by atoms with E-state index in [1.807, 2.05) is 71.5 Å². The summed E-state index contributed by atoms with van der Waals surface area (Å²) in [6, 6.07) is 17.5. The molecule has 0 radical (unpaired) electrons. The SMILES string of the molecule is N#C[C@H](Cc1ccc(-c2cnn(Cc3ccccc3)c2)cc1)NC(=O)[C@@H]1CCCCN1OC(=O)C(F)(F)F. The number of rotatable bonds is 8. The number of hydroxylamine groups is 2. The maximum absolute atomic E-state index is 12.8. The highest BCUT2D eigenvalue weighted by Gasteiger charge is 2.44. The van der Waals surface area contributed by atoms with Crippen molar-refractivity contribution in [3.8, 4) is 17.2 Å². The van der Waals surface area contributed by atoms with Gasteiger partial charge in [0.05, 0.1) is 18.8 Å². The molecule has 0 bridgehead atoms. The normalized spacial score (nSPS) is 16.8. The molecule has 0 saturated carbocycles.